The van der Waals surface area contributed by atoms with E-state index < -0.39 is 35.2 Å². The molecule has 0 N–H and O–H groups in total. The average Bonchev–Trinajstić information content (AvgIpc) is 3.79. The Balaban J connectivity index is 1.31. The van der Waals surface area contributed by atoms with Gasteiger partial charge in [0.1, 0.15) is 11.6 Å². The lowest BCUT2D eigenvalue weighted by Gasteiger charge is -2.19. The third kappa shape index (κ3) is 7.19. The van der Waals surface area contributed by atoms with Gasteiger partial charge in [0.25, 0.3) is 0 Å². The summed E-state index contributed by atoms with van der Waals surface area (Å²) >= 11 is 0. The van der Waals surface area contributed by atoms with E-state index in [1.165, 1.54) is 18.2 Å². The minimum absolute atomic E-state index is 0.0722. The summed E-state index contributed by atoms with van der Waals surface area (Å²) in [7, 11) is 0. The van der Waals surface area contributed by atoms with Crippen molar-refractivity contribution < 1.29 is 39.5 Å². The van der Waals surface area contributed by atoms with E-state index in [0.29, 0.717) is 84.4 Å². The molecule has 0 fully saturated rings. The van der Waals surface area contributed by atoms with Crippen molar-refractivity contribution in [1.29, 1.82) is 5.26 Å². The molecule has 4 nitrogen and oxygen atoms in total. The second-order valence-corrected chi connectivity index (χ2v) is 16.2. The van der Waals surface area contributed by atoms with E-state index in [-0.39, 0.29) is 22.8 Å². The summed E-state index contributed by atoms with van der Waals surface area (Å²) in [6.07, 6.45) is -14.7. The molecule has 0 aliphatic heterocycles. The quantitative estimate of drug-likeness (QED) is 0.162. The van der Waals surface area contributed by atoms with Crippen molar-refractivity contribution >= 4 is 43.6 Å². The zero-order chi connectivity index (χ0) is 46.4. The monoisotopic (exact) mass is 894 g/mol. The first-order valence-corrected chi connectivity index (χ1v) is 20.5. The first-order chi connectivity index (χ1) is 31.4. The zero-order valence-electron chi connectivity index (χ0n) is 34.6. The number of hydrogen-bond acceptors (Lipinski definition) is 2. The summed E-state index contributed by atoms with van der Waals surface area (Å²) in [4.78, 5) is 4.57. The van der Waals surface area contributed by atoms with E-state index in [2.05, 4.69) is 11.1 Å². The van der Waals surface area contributed by atoms with Gasteiger partial charge in [0.2, 0.25) is 0 Å². The lowest BCUT2D eigenvalue weighted by molar-refractivity contribution is -0.143. The molecule has 3 heterocycles. The standard InChI is InChI=1S/C53H31F9N4/c1-29-18-34(19-30(2)64-29)36-25-49(65-45-12-5-3-10-40(45)42-16-14-32(23-47(42)65)31-8-7-9-37(20-31)51(54,55)56)44(28-63)50(26-36)66-46-13-6-4-11-41(46)43-17-15-33(24-48(43)66)35-21-38(52(57,58)59)27-39(22-35)53(60,61)62/h3-27H,1-2H3. The first-order valence-electron chi connectivity index (χ1n) is 20.5. The van der Waals surface area contributed by atoms with Crippen molar-refractivity contribution in [2.45, 2.75) is 32.4 Å². The lowest BCUT2D eigenvalue weighted by Crippen LogP contribution is -2.11. The van der Waals surface area contributed by atoms with Crippen LogP contribution >= 0.6 is 0 Å². The lowest BCUT2D eigenvalue weighted by atomic mass is 9.97. The molecule has 66 heavy (non-hydrogen) atoms. The molecule has 0 saturated carbocycles. The van der Waals surface area contributed by atoms with E-state index in [1.54, 1.807) is 41.0 Å². The molecular formula is C53H31F9N4. The number of nitriles is 1. The summed E-state index contributed by atoms with van der Waals surface area (Å²) in [5, 5.41) is 14.3. The van der Waals surface area contributed by atoms with E-state index in [1.807, 2.05) is 85.1 Å². The Hall–Kier alpha value is -7.85. The maximum atomic E-state index is 14.1. The Morgan fingerprint density at radius 3 is 1.29 bits per heavy atom. The third-order valence-corrected chi connectivity index (χ3v) is 11.9. The van der Waals surface area contributed by atoms with Crippen LogP contribution in [0.15, 0.2) is 152 Å². The van der Waals surface area contributed by atoms with E-state index in [9.17, 15) is 44.8 Å². The van der Waals surface area contributed by atoms with Gasteiger partial charge < -0.3 is 9.13 Å². The molecule has 10 aromatic rings. The third-order valence-electron chi connectivity index (χ3n) is 11.9. The summed E-state index contributed by atoms with van der Waals surface area (Å²) in [5.41, 5.74) is 2.82. The average molecular weight is 895 g/mol. The van der Waals surface area contributed by atoms with Crippen LogP contribution < -0.4 is 0 Å². The fourth-order valence-electron chi connectivity index (χ4n) is 9.06. The van der Waals surface area contributed by atoms with Crippen molar-refractivity contribution in [3.63, 3.8) is 0 Å². The second-order valence-electron chi connectivity index (χ2n) is 16.2. The van der Waals surface area contributed by atoms with E-state index in [0.717, 1.165) is 28.5 Å². The number of halogens is 9. The molecule has 13 heteroatoms. The molecule has 326 valence electrons. The van der Waals surface area contributed by atoms with Crippen molar-refractivity contribution in [1.82, 2.24) is 14.1 Å². The molecule has 0 aliphatic rings. The summed E-state index contributed by atoms with van der Waals surface area (Å²) in [5.74, 6) is 0. The van der Waals surface area contributed by atoms with Crippen LogP contribution in [0.5, 0.6) is 0 Å². The highest BCUT2D eigenvalue weighted by molar-refractivity contribution is 6.12. The highest BCUT2D eigenvalue weighted by Gasteiger charge is 2.37. The van der Waals surface area contributed by atoms with Crippen LogP contribution in [-0.2, 0) is 18.5 Å². The molecular weight excluding hydrogens is 864 g/mol. The van der Waals surface area contributed by atoms with Gasteiger partial charge in [0.15, 0.2) is 0 Å². The largest absolute Gasteiger partial charge is 0.416 e. The van der Waals surface area contributed by atoms with Crippen LogP contribution in [0.4, 0.5) is 39.5 Å². The molecule has 3 aromatic heterocycles. The number of rotatable bonds is 5. The number of fused-ring (bicyclic) bond motifs is 6. The molecule has 0 amide bonds. The molecule has 7 aromatic carbocycles. The normalized spacial score (nSPS) is 12.5. The predicted octanol–water partition coefficient (Wildman–Crippen LogP) is 15.8. The van der Waals surface area contributed by atoms with Gasteiger partial charge in [-0.2, -0.15) is 44.8 Å². The highest BCUT2D eigenvalue weighted by atomic mass is 19.4. The number of aromatic nitrogens is 3. The topological polar surface area (TPSA) is 46.5 Å². The maximum Gasteiger partial charge on any atom is 0.416 e. The molecule has 0 spiro atoms. The number of para-hydroxylation sites is 2. The summed E-state index contributed by atoms with van der Waals surface area (Å²) in [6.45, 7) is 3.69. The fourth-order valence-corrected chi connectivity index (χ4v) is 9.06. The first kappa shape index (κ1) is 42.1. The van der Waals surface area contributed by atoms with Gasteiger partial charge in [-0.25, -0.2) is 0 Å². The van der Waals surface area contributed by atoms with Crippen LogP contribution in [0.2, 0.25) is 0 Å². The van der Waals surface area contributed by atoms with Crippen molar-refractivity contribution in [2.75, 3.05) is 0 Å². The van der Waals surface area contributed by atoms with Crippen LogP contribution in [0.25, 0.3) is 88.4 Å². The van der Waals surface area contributed by atoms with Gasteiger partial charge in [-0.1, -0.05) is 72.8 Å². The van der Waals surface area contributed by atoms with Crippen LogP contribution in [0.3, 0.4) is 0 Å². The Labute approximate surface area is 370 Å². The molecule has 0 aliphatic carbocycles. The minimum atomic E-state index is -5.07. The van der Waals surface area contributed by atoms with E-state index >= 15 is 0 Å². The molecule has 10 rings (SSSR count). The number of benzene rings is 7. The maximum absolute atomic E-state index is 14.1. The Morgan fingerprint density at radius 2 is 0.803 bits per heavy atom. The van der Waals surface area contributed by atoms with Crippen LogP contribution in [-0.4, -0.2) is 14.1 Å². The van der Waals surface area contributed by atoms with Crippen molar-refractivity contribution in [2.24, 2.45) is 0 Å². The molecule has 0 bridgehead atoms. The number of aryl methyl sites for hydroxylation is 2. The van der Waals surface area contributed by atoms with Crippen molar-refractivity contribution in [3.8, 4) is 50.8 Å². The van der Waals surface area contributed by atoms with Gasteiger partial charge in [-0.3, -0.25) is 4.98 Å². The highest BCUT2D eigenvalue weighted by Crippen LogP contribution is 2.44. The predicted molar refractivity (Wildman–Crippen MR) is 238 cm³/mol. The Kier molecular flexibility index (Phi) is 9.65. The molecule has 0 radical (unpaired) electrons. The SMILES string of the molecule is Cc1cc(-c2cc(-n3c4ccccc4c4ccc(-c5cccc(C(F)(F)F)c5)cc43)c(C#N)c(-n3c4ccccc4c4ccc(-c5cc(C(F)(F)F)cc(C(F)(F)F)c5)cc43)c2)cc(C)n1. The number of nitrogens with zero attached hydrogens (tertiary/aromatic N) is 4. The number of hydrogen-bond donors (Lipinski definition) is 0. The van der Waals surface area contributed by atoms with Crippen molar-refractivity contribution in [3.05, 3.63) is 185 Å². The Morgan fingerprint density at radius 1 is 0.394 bits per heavy atom. The van der Waals surface area contributed by atoms with Gasteiger partial charge in [0.05, 0.1) is 50.1 Å². The van der Waals surface area contributed by atoms with Crippen LogP contribution in [0, 0.1) is 25.2 Å². The van der Waals surface area contributed by atoms with Gasteiger partial charge in [-0.05, 0) is 126 Å². The summed E-state index contributed by atoms with van der Waals surface area (Å²) in [6, 6.07) is 41.1. The second kappa shape index (κ2) is 15.1. The number of pyridine rings is 1. The molecule has 0 unspecified atom stereocenters. The molecule has 0 saturated heterocycles. The fraction of sp³-hybridized carbons (Fsp3) is 0.0943. The van der Waals surface area contributed by atoms with Gasteiger partial charge in [-0.15, -0.1) is 0 Å². The van der Waals surface area contributed by atoms with Crippen LogP contribution in [0.1, 0.15) is 33.6 Å². The Bertz CT molecular complexity index is 3600. The number of alkyl halides is 9. The molecule has 0 atom stereocenters. The van der Waals surface area contributed by atoms with Gasteiger partial charge in [0, 0.05) is 32.9 Å². The van der Waals surface area contributed by atoms with Gasteiger partial charge >= 0.3 is 18.5 Å². The van der Waals surface area contributed by atoms with E-state index in [4.69, 9.17) is 0 Å². The zero-order valence-corrected chi connectivity index (χ0v) is 34.6. The minimum Gasteiger partial charge on any atom is -0.308 e. The smallest absolute Gasteiger partial charge is 0.308 e. The summed E-state index contributed by atoms with van der Waals surface area (Å²) < 4.78 is 130.